The Balaban J connectivity index is 2.01. The standard InChI is InChI=1S/C25H20Cl2FN2O/c1-16(31)30-25(17-10-12-18(28)13-11-17)24(21-7-3-5-9-23(21)27)20(14-15-29-25)19-6-2-4-8-22(19)26/h2-15,24,29H,1H3,(H,30,31). The van der Waals surface area contributed by atoms with Crippen LogP contribution in [0, 0.1) is 11.7 Å². The molecule has 3 nitrogen and oxygen atoms in total. The van der Waals surface area contributed by atoms with Crippen LogP contribution < -0.4 is 10.6 Å². The van der Waals surface area contributed by atoms with Crippen molar-refractivity contribution in [3.63, 3.8) is 0 Å². The molecule has 3 aromatic rings. The lowest BCUT2D eigenvalue weighted by molar-refractivity contribution is -0.121. The van der Waals surface area contributed by atoms with E-state index < -0.39 is 11.6 Å². The fourth-order valence-electron chi connectivity index (χ4n) is 4.15. The lowest BCUT2D eigenvalue weighted by Gasteiger charge is -2.47. The zero-order valence-electron chi connectivity index (χ0n) is 16.7. The molecule has 1 radical (unpaired) electrons. The van der Waals surface area contributed by atoms with E-state index in [1.165, 1.54) is 19.1 Å². The molecule has 2 atom stereocenters. The van der Waals surface area contributed by atoms with Gasteiger partial charge in [0.1, 0.15) is 11.5 Å². The van der Waals surface area contributed by atoms with Gasteiger partial charge in [0.15, 0.2) is 0 Å². The Kier molecular flexibility index (Phi) is 6.03. The number of hydrogen-bond donors (Lipinski definition) is 2. The summed E-state index contributed by atoms with van der Waals surface area (Å²) in [5.74, 6) is -0.198. The van der Waals surface area contributed by atoms with Crippen molar-refractivity contribution in [2.24, 2.45) is 0 Å². The fourth-order valence-corrected chi connectivity index (χ4v) is 4.64. The molecule has 0 saturated carbocycles. The summed E-state index contributed by atoms with van der Waals surface area (Å²) in [7, 11) is 0. The summed E-state index contributed by atoms with van der Waals surface area (Å²) in [6, 6.07) is 21.1. The minimum absolute atomic E-state index is 0.248. The molecule has 0 fully saturated rings. The third kappa shape index (κ3) is 4.06. The van der Waals surface area contributed by atoms with E-state index in [4.69, 9.17) is 23.2 Å². The van der Waals surface area contributed by atoms with Crippen LogP contribution in [0.5, 0.6) is 0 Å². The van der Waals surface area contributed by atoms with Gasteiger partial charge in [0.25, 0.3) is 0 Å². The monoisotopic (exact) mass is 453 g/mol. The first-order valence-electron chi connectivity index (χ1n) is 9.77. The Hall–Kier alpha value is -2.82. The van der Waals surface area contributed by atoms with E-state index in [9.17, 15) is 9.18 Å². The van der Waals surface area contributed by atoms with Crippen molar-refractivity contribution in [3.8, 4) is 0 Å². The highest BCUT2D eigenvalue weighted by molar-refractivity contribution is 6.32. The molecule has 1 aliphatic heterocycles. The molecule has 0 saturated heterocycles. The molecular weight excluding hydrogens is 434 g/mol. The van der Waals surface area contributed by atoms with E-state index >= 15 is 0 Å². The molecule has 0 aliphatic carbocycles. The van der Waals surface area contributed by atoms with Crippen LogP contribution in [0.1, 0.15) is 29.5 Å². The average Bonchev–Trinajstić information content (AvgIpc) is 2.75. The van der Waals surface area contributed by atoms with Crippen molar-refractivity contribution in [1.82, 2.24) is 10.6 Å². The van der Waals surface area contributed by atoms with Gasteiger partial charge in [-0.25, -0.2) is 4.39 Å². The zero-order chi connectivity index (χ0) is 22.0. The summed E-state index contributed by atoms with van der Waals surface area (Å²) in [5.41, 5.74) is 1.19. The summed E-state index contributed by atoms with van der Waals surface area (Å²) in [5, 5.41) is 7.54. The number of allylic oxidation sites excluding steroid dienone is 1. The molecule has 4 rings (SSSR count). The first kappa shape index (κ1) is 21.4. The van der Waals surface area contributed by atoms with Crippen LogP contribution >= 0.6 is 23.2 Å². The maximum Gasteiger partial charge on any atom is 0.218 e. The minimum Gasteiger partial charge on any atom is -0.365 e. The maximum absolute atomic E-state index is 13.8. The number of rotatable bonds is 4. The number of carbonyl (C=O) groups excluding carboxylic acids is 1. The van der Waals surface area contributed by atoms with Gasteiger partial charge in [0.2, 0.25) is 5.91 Å². The molecule has 3 aromatic carbocycles. The van der Waals surface area contributed by atoms with Crippen molar-refractivity contribution in [1.29, 1.82) is 0 Å². The number of halogens is 3. The van der Waals surface area contributed by atoms with E-state index in [1.807, 2.05) is 54.6 Å². The Morgan fingerprint density at radius 2 is 1.61 bits per heavy atom. The summed E-state index contributed by atoms with van der Waals surface area (Å²) >= 11 is 13.2. The van der Waals surface area contributed by atoms with E-state index in [1.54, 1.807) is 18.3 Å². The van der Waals surface area contributed by atoms with Gasteiger partial charge in [0, 0.05) is 28.8 Å². The fraction of sp³-hybridized carbons (Fsp3) is 0.120. The SMILES string of the molecule is CC(=O)NC1(c2ccc(F)cc2)NC=C[C](c2ccccc2Cl)C1c1ccccc1Cl. The molecule has 0 aromatic heterocycles. The summed E-state index contributed by atoms with van der Waals surface area (Å²) in [6.45, 7) is 1.45. The number of hydrogen-bond acceptors (Lipinski definition) is 2. The summed E-state index contributed by atoms with van der Waals surface area (Å²) in [6.07, 6.45) is 3.70. The van der Waals surface area contributed by atoms with Crippen molar-refractivity contribution in [3.05, 3.63) is 124 Å². The van der Waals surface area contributed by atoms with Gasteiger partial charge in [-0.2, -0.15) is 0 Å². The Morgan fingerprint density at radius 1 is 0.968 bits per heavy atom. The van der Waals surface area contributed by atoms with Gasteiger partial charge in [0.05, 0.1) is 0 Å². The first-order valence-corrected chi connectivity index (χ1v) is 10.5. The second-order valence-corrected chi connectivity index (χ2v) is 8.18. The maximum atomic E-state index is 13.8. The van der Waals surface area contributed by atoms with E-state index in [2.05, 4.69) is 10.6 Å². The second-order valence-electron chi connectivity index (χ2n) is 7.36. The summed E-state index contributed by atoms with van der Waals surface area (Å²) < 4.78 is 13.8. The van der Waals surface area contributed by atoms with E-state index in [-0.39, 0.29) is 11.7 Å². The molecule has 1 heterocycles. The predicted molar refractivity (Wildman–Crippen MR) is 122 cm³/mol. The van der Waals surface area contributed by atoms with Crippen molar-refractivity contribution in [2.45, 2.75) is 18.5 Å². The van der Waals surface area contributed by atoms with E-state index in [0.29, 0.717) is 15.6 Å². The molecule has 0 spiro atoms. The number of carbonyl (C=O) groups is 1. The number of amides is 1. The largest absolute Gasteiger partial charge is 0.365 e. The molecule has 0 bridgehead atoms. The molecule has 1 aliphatic rings. The molecule has 6 heteroatoms. The van der Waals surface area contributed by atoms with Crippen molar-refractivity contribution in [2.75, 3.05) is 0 Å². The highest BCUT2D eigenvalue weighted by Gasteiger charge is 2.48. The van der Waals surface area contributed by atoms with Gasteiger partial charge in [-0.05, 0) is 47.2 Å². The van der Waals surface area contributed by atoms with Crippen LogP contribution in [0.3, 0.4) is 0 Å². The molecule has 2 unspecified atom stereocenters. The number of nitrogens with one attached hydrogen (secondary N) is 2. The normalized spacial score (nSPS) is 20.8. The van der Waals surface area contributed by atoms with Gasteiger partial charge in [-0.3, -0.25) is 4.79 Å². The Bertz CT molecular complexity index is 1130. The Morgan fingerprint density at radius 3 is 2.26 bits per heavy atom. The highest BCUT2D eigenvalue weighted by atomic mass is 35.5. The number of benzene rings is 3. The smallest absolute Gasteiger partial charge is 0.218 e. The van der Waals surface area contributed by atoms with Gasteiger partial charge >= 0.3 is 0 Å². The highest BCUT2D eigenvalue weighted by Crippen LogP contribution is 2.49. The lowest BCUT2D eigenvalue weighted by atomic mass is 9.69. The molecular formula is C25H20Cl2FN2O. The minimum atomic E-state index is -1.12. The second kappa shape index (κ2) is 8.74. The molecule has 2 N–H and O–H groups in total. The van der Waals surface area contributed by atoms with E-state index in [0.717, 1.165) is 17.0 Å². The quantitative estimate of drug-likeness (QED) is 0.512. The van der Waals surface area contributed by atoms with Crippen LogP contribution in [0.15, 0.2) is 85.1 Å². The molecule has 1 amide bonds. The Labute approximate surface area is 190 Å². The van der Waals surface area contributed by atoms with Crippen molar-refractivity contribution >= 4 is 29.1 Å². The third-order valence-electron chi connectivity index (χ3n) is 5.39. The van der Waals surface area contributed by atoms with Gasteiger partial charge < -0.3 is 10.6 Å². The third-order valence-corrected chi connectivity index (χ3v) is 6.07. The van der Waals surface area contributed by atoms with Crippen LogP contribution in [-0.4, -0.2) is 5.91 Å². The topological polar surface area (TPSA) is 41.1 Å². The molecule has 31 heavy (non-hydrogen) atoms. The van der Waals surface area contributed by atoms with Crippen LogP contribution in [-0.2, 0) is 10.5 Å². The summed E-state index contributed by atoms with van der Waals surface area (Å²) in [4.78, 5) is 12.4. The molecule has 157 valence electrons. The zero-order valence-corrected chi connectivity index (χ0v) is 18.2. The van der Waals surface area contributed by atoms with Crippen LogP contribution in [0.4, 0.5) is 4.39 Å². The van der Waals surface area contributed by atoms with Crippen LogP contribution in [0.25, 0.3) is 0 Å². The average molecular weight is 454 g/mol. The van der Waals surface area contributed by atoms with Crippen molar-refractivity contribution < 1.29 is 9.18 Å². The first-order chi connectivity index (χ1) is 14.9. The van der Waals surface area contributed by atoms with Gasteiger partial charge in [-0.15, -0.1) is 0 Å². The predicted octanol–water partition coefficient (Wildman–Crippen LogP) is 5.94. The van der Waals surface area contributed by atoms with Gasteiger partial charge in [-0.1, -0.05) is 77.8 Å². The van der Waals surface area contributed by atoms with Crippen LogP contribution in [0.2, 0.25) is 10.0 Å². The lowest BCUT2D eigenvalue weighted by Crippen LogP contribution is -2.60.